The van der Waals surface area contributed by atoms with Crippen molar-refractivity contribution >= 4 is 144 Å². The molecule has 5 heteroatoms. The molecule has 0 fully saturated rings. The van der Waals surface area contributed by atoms with Crippen molar-refractivity contribution in [3.05, 3.63) is 0 Å². The Morgan fingerprint density at radius 3 is 1.00 bits per heavy atom. The topological polar surface area (TPSA) is 0 Å². The predicted octanol–water partition coefficient (Wildman–Crippen LogP) is -4.05. The van der Waals surface area contributed by atoms with Gasteiger partial charge in [-0.15, -0.1) is 0 Å². The van der Waals surface area contributed by atoms with E-state index in [1.807, 2.05) is 0 Å². The Kier molecular flexibility index (Phi) is 155. The fourth-order valence-electron chi connectivity index (χ4n) is 0. The molecule has 0 N–H and O–H groups in total. The molecule has 0 aromatic carbocycles. The van der Waals surface area contributed by atoms with Gasteiger partial charge in [0.15, 0.2) is 17.4 Å². The summed E-state index contributed by atoms with van der Waals surface area (Å²) in [5, 5.41) is 0. The van der Waals surface area contributed by atoms with Crippen LogP contribution < -0.4 is 0 Å². The predicted molar refractivity (Wildman–Crippen MR) is 39.9 cm³/mol. The van der Waals surface area contributed by atoms with E-state index in [1.54, 1.807) is 0 Å². The van der Waals surface area contributed by atoms with Crippen LogP contribution in [-0.2, 0) is 0 Å². The van der Waals surface area contributed by atoms with Crippen molar-refractivity contribution in [2.45, 2.75) is 0 Å². The SMILES string of the molecule is [AlH3].[KH].[LiH].[NaH].[PbH2]. The molecule has 0 aliphatic heterocycles. The van der Waals surface area contributed by atoms with Gasteiger partial charge < -0.3 is 0 Å². The quantitative estimate of drug-likeness (QED) is 0.400. The molecule has 0 bridgehead atoms. The molecule has 0 amide bonds. The Morgan fingerprint density at radius 1 is 1.00 bits per heavy atom. The molecule has 0 nitrogen and oxygen atoms in total. The van der Waals surface area contributed by atoms with Crippen molar-refractivity contribution < 1.29 is 0 Å². The van der Waals surface area contributed by atoms with Crippen LogP contribution in [0.3, 0.4) is 0 Å². The van der Waals surface area contributed by atoms with E-state index in [9.17, 15) is 0 Å². The maximum absolute atomic E-state index is 0. The summed E-state index contributed by atoms with van der Waals surface area (Å²) in [5.41, 5.74) is 0. The van der Waals surface area contributed by atoms with E-state index in [2.05, 4.69) is 0 Å². The average Bonchev–Trinajstić information content (AvgIpc) is 0. The van der Waals surface area contributed by atoms with E-state index in [0.717, 1.165) is 0 Å². The van der Waals surface area contributed by atoms with Gasteiger partial charge in [-0.05, 0) is 0 Å². The molecule has 0 saturated heterocycles. The molecule has 5 heavy (non-hydrogen) atoms. The number of hydrogen-bond donors (Lipinski definition) is 0. The molecule has 0 heterocycles. The van der Waals surface area contributed by atoms with Gasteiger partial charge in [0, 0.05) is 0 Å². The van der Waals surface area contributed by atoms with Crippen LogP contribution >= 0.6 is 0 Å². The summed E-state index contributed by atoms with van der Waals surface area (Å²) in [6, 6.07) is 0. The molecule has 0 aliphatic carbocycles. The van der Waals surface area contributed by atoms with Crippen LogP contribution in [0.25, 0.3) is 0 Å². The third kappa shape index (κ3) is 17.7. The van der Waals surface area contributed by atoms with Crippen LogP contribution in [0.4, 0.5) is 0 Å². The Balaban J connectivity index is 0. The van der Waals surface area contributed by atoms with Crippen LogP contribution in [0.5, 0.6) is 0 Å². The number of hydrogen-bond acceptors (Lipinski definition) is 0. The van der Waals surface area contributed by atoms with Crippen LogP contribution in [0.2, 0.25) is 0 Å². The van der Waals surface area contributed by atoms with Crippen molar-refractivity contribution in [3.63, 3.8) is 0 Å². The normalized spacial score (nSPS) is 0. The van der Waals surface area contributed by atoms with Crippen molar-refractivity contribution in [1.29, 1.82) is 0 Å². The second-order valence-corrected chi connectivity index (χ2v) is 0. The van der Waals surface area contributed by atoms with Gasteiger partial charge in [-0.25, -0.2) is 0 Å². The minimum absolute atomic E-state index is 0. The first-order chi connectivity index (χ1) is 0. The second-order valence-electron chi connectivity index (χ2n) is 0. The Morgan fingerprint density at radius 2 is 1.00 bits per heavy atom. The van der Waals surface area contributed by atoms with E-state index in [-0.39, 0.29) is 144 Å². The molecule has 0 spiro atoms. The Bertz CT molecular complexity index is 11.6. The summed E-state index contributed by atoms with van der Waals surface area (Å²) in [5.74, 6) is 0. The molecule has 2 radical (unpaired) electrons. The van der Waals surface area contributed by atoms with E-state index in [0.29, 0.717) is 0 Å². The summed E-state index contributed by atoms with van der Waals surface area (Å²) in [6.07, 6.45) is 0. The molecule has 0 saturated carbocycles. The molecular weight excluding hydrogens is 303 g/mol. The molecule has 0 aliphatic rings. The third-order valence-electron chi connectivity index (χ3n) is 0. The monoisotopic (exact) mass is 312 g/mol. The summed E-state index contributed by atoms with van der Waals surface area (Å²) in [7, 11) is 0. The van der Waals surface area contributed by atoms with Gasteiger partial charge in [-0.3, -0.25) is 0 Å². The van der Waals surface area contributed by atoms with Gasteiger partial charge in [-0.1, -0.05) is 0 Å². The van der Waals surface area contributed by atoms with Gasteiger partial charge in [0.1, 0.15) is 0 Å². The third-order valence-corrected chi connectivity index (χ3v) is 0. The zero-order valence-electron chi connectivity index (χ0n) is 0.707. The maximum atomic E-state index is 0. The average molecular weight is 311 g/mol. The van der Waals surface area contributed by atoms with Crippen molar-refractivity contribution in [2.75, 3.05) is 0 Å². The van der Waals surface area contributed by atoms with E-state index >= 15 is 0 Å². The minimum atomic E-state index is 0. The summed E-state index contributed by atoms with van der Waals surface area (Å²) >= 11 is 0. The van der Waals surface area contributed by atoms with E-state index in [4.69, 9.17) is 0 Å². The van der Waals surface area contributed by atoms with Crippen LogP contribution in [0.15, 0.2) is 0 Å². The molecular formula is H8AlKLiNaPb. The van der Waals surface area contributed by atoms with E-state index < -0.39 is 0 Å². The summed E-state index contributed by atoms with van der Waals surface area (Å²) in [6.45, 7) is 0. The standard InChI is InChI=1S/Al.K.Li.Na.Pb.8H. The molecule has 0 rings (SSSR count). The molecule has 18 valence electrons. The first-order valence-electron chi connectivity index (χ1n) is 0. The van der Waals surface area contributed by atoms with Gasteiger partial charge in [0.2, 0.25) is 0 Å². The van der Waals surface area contributed by atoms with Crippen LogP contribution in [0, 0.1) is 0 Å². The fourth-order valence-corrected chi connectivity index (χ4v) is 0. The Hall–Kier alpha value is 4.69. The van der Waals surface area contributed by atoms with Crippen molar-refractivity contribution in [1.82, 2.24) is 0 Å². The van der Waals surface area contributed by atoms with Crippen LogP contribution in [0.1, 0.15) is 0 Å². The van der Waals surface area contributed by atoms with E-state index in [1.165, 1.54) is 0 Å². The second kappa shape index (κ2) is 23.4. The first-order valence-corrected chi connectivity index (χ1v) is 0. The molecule has 0 atom stereocenters. The summed E-state index contributed by atoms with van der Waals surface area (Å²) < 4.78 is 0. The fraction of sp³-hybridized carbons (Fsp3) is 0. The van der Waals surface area contributed by atoms with Gasteiger partial charge in [0.05, 0.1) is 0 Å². The zero-order valence-corrected chi connectivity index (χ0v) is 6.20. The number of rotatable bonds is 0. The van der Waals surface area contributed by atoms with Crippen LogP contribution in [-0.4, -0.2) is 144 Å². The van der Waals surface area contributed by atoms with Gasteiger partial charge in [-0.2, -0.15) is 0 Å². The zero-order chi connectivity index (χ0) is 0. The first kappa shape index (κ1) is 33.3. The van der Waals surface area contributed by atoms with Crippen molar-refractivity contribution in [2.24, 2.45) is 0 Å². The Labute approximate surface area is 140 Å². The molecule has 0 unspecified atom stereocenters. The molecule has 0 aromatic heterocycles. The van der Waals surface area contributed by atoms with Crippen molar-refractivity contribution in [3.8, 4) is 0 Å². The van der Waals surface area contributed by atoms with Gasteiger partial charge in [0.25, 0.3) is 0 Å². The molecule has 0 aromatic rings. The van der Waals surface area contributed by atoms with Gasteiger partial charge >= 0.3 is 127 Å². The summed E-state index contributed by atoms with van der Waals surface area (Å²) in [4.78, 5) is 0.